The average Bonchev–Trinajstić information content (AvgIpc) is 3.28. The van der Waals surface area contributed by atoms with Crippen LogP contribution in [0.25, 0.3) is 20.4 Å². The van der Waals surface area contributed by atoms with Gasteiger partial charge < -0.3 is 10.5 Å². The van der Waals surface area contributed by atoms with Crippen molar-refractivity contribution in [3.63, 3.8) is 0 Å². The van der Waals surface area contributed by atoms with E-state index in [1.54, 1.807) is 0 Å². The monoisotopic (exact) mass is 452 g/mol. The summed E-state index contributed by atoms with van der Waals surface area (Å²) in [7, 11) is 0. The van der Waals surface area contributed by atoms with Crippen molar-refractivity contribution in [2.75, 3.05) is 17.7 Å². The van der Waals surface area contributed by atoms with E-state index in [2.05, 4.69) is 16.4 Å². The first-order valence-electron chi connectivity index (χ1n) is 10.7. The van der Waals surface area contributed by atoms with E-state index in [0.717, 1.165) is 44.7 Å². The summed E-state index contributed by atoms with van der Waals surface area (Å²) in [6.07, 6.45) is 6.90. The normalized spacial score (nSPS) is 14.2. The number of nitrogens with two attached hydrogens (primary N) is 1. The van der Waals surface area contributed by atoms with Gasteiger partial charge in [0.05, 0.1) is 22.5 Å². The van der Waals surface area contributed by atoms with E-state index in [1.165, 1.54) is 53.9 Å². The number of carbonyl (C=O) groups is 1. The zero-order chi connectivity index (χ0) is 21.4. The Morgan fingerprint density at radius 3 is 2.81 bits per heavy atom. The van der Waals surface area contributed by atoms with Gasteiger partial charge in [0.2, 0.25) is 0 Å². The second-order valence-electron chi connectivity index (χ2n) is 7.74. The van der Waals surface area contributed by atoms with Crippen LogP contribution in [0.15, 0.2) is 24.3 Å². The number of ether oxygens (including phenoxy) is 1. The maximum absolute atomic E-state index is 13.0. The van der Waals surface area contributed by atoms with Gasteiger partial charge in [-0.05, 0) is 62.4 Å². The molecule has 4 aromatic rings. The molecule has 1 aliphatic carbocycles. The molecule has 160 valence electrons. The van der Waals surface area contributed by atoms with Gasteiger partial charge in [0.15, 0.2) is 5.13 Å². The van der Waals surface area contributed by atoms with Crippen LogP contribution in [0.5, 0.6) is 5.75 Å². The molecule has 0 aliphatic heterocycles. The molecule has 3 aromatic heterocycles. The number of hydrogen-bond donors (Lipinski definition) is 2. The van der Waals surface area contributed by atoms with Gasteiger partial charge in [-0.3, -0.25) is 10.1 Å². The molecular weight excluding hydrogens is 428 g/mol. The van der Waals surface area contributed by atoms with E-state index < -0.39 is 0 Å². The standard InChI is InChI=1S/C23H24N4O2S2/c1-2-29-14-9-10-17-18(12-14)30-23(26-17)27-21(28)20-19(24)15-11-13-7-5-3-4-6-8-16(13)25-22(15)31-20/h9-12H,2-8,24H2,1H3,(H,26,27,28). The lowest BCUT2D eigenvalue weighted by Crippen LogP contribution is -2.11. The van der Waals surface area contributed by atoms with Crippen molar-refractivity contribution < 1.29 is 9.53 Å². The predicted molar refractivity (Wildman–Crippen MR) is 129 cm³/mol. The van der Waals surface area contributed by atoms with Crippen LogP contribution in [0.2, 0.25) is 0 Å². The van der Waals surface area contributed by atoms with Gasteiger partial charge in [0, 0.05) is 11.1 Å². The largest absolute Gasteiger partial charge is 0.494 e. The Labute approximate surface area is 188 Å². The van der Waals surface area contributed by atoms with Gasteiger partial charge in [-0.2, -0.15) is 0 Å². The molecule has 0 saturated heterocycles. The van der Waals surface area contributed by atoms with Crippen molar-refractivity contribution in [3.05, 3.63) is 40.4 Å². The number of aryl methyl sites for hydroxylation is 2. The van der Waals surface area contributed by atoms with Gasteiger partial charge >= 0.3 is 0 Å². The summed E-state index contributed by atoms with van der Waals surface area (Å²) in [5.41, 5.74) is 10.2. The van der Waals surface area contributed by atoms with Crippen LogP contribution in [0.4, 0.5) is 10.8 Å². The van der Waals surface area contributed by atoms with Crippen LogP contribution in [0.1, 0.15) is 53.5 Å². The molecule has 3 N–H and O–H groups in total. The fourth-order valence-corrected chi connectivity index (χ4v) is 5.93. The maximum atomic E-state index is 13.0. The smallest absolute Gasteiger partial charge is 0.269 e. The summed E-state index contributed by atoms with van der Waals surface area (Å²) in [6, 6.07) is 7.89. The molecule has 0 atom stereocenters. The van der Waals surface area contributed by atoms with Crippen molar-refractivity contribution in [2.45, 2.75) is 45.4 Å². The van der Waals surface area contributed by atoms with Gasteiger partial charge in [0.1, 0.15) is 15.5 Å². The minimum atomic E-state index is -0.239. The Balaban J connectivity index is 1.44. The van der Waals surface area contributed by atoms with Crippen LogP contribution >= 0.6 is 22.7 Å². The Morgan fingerprint density at radius 2 is 1.97 bits per heavy atom. The van der Waals surface area contributed by atoms with Gasteiger partial charge in [0.25, 0.3) is 5.91 Å². The minimum absolute atomic E-state index is 0.239. The van der Waals surface area contributed by atoms with Crippen LogP contribution in [-0.2, 0) is 12.8 Å². The van der Waals surface area contributed by atoms with Crippen LogP contribution in [0.3, 0.4) is 0 Å². The number of nitrogen functional groups attached to an aromatic ring is 1. The Kier molecular flexibility index (Phi) is 5.50. The van der Waals surface area contributed by atoms with Crippen LogP contribution in [-0.4, -0.2) is 22.5 Å². The summed E-state index contributed by atoms with van der Waals surface area (Å²) in [5.74, 6) is 0.559. The van der Waals surface area contributed by atoms with Crippen LogP contribution < -0.4 is 15.8 Å². The number of benzene rings is 1. The van der Waals surface area contributed by atoms with Crippen LogP contribution in [0, 0.1) is 0 Å². The van der Waals surface area contributed by atoms with Crippen molar-refractivity contribution in [1.82, 2.24) is 9.97 Å². The number of nitrogens with zero attached hydrogens (tertiary/aromatic N) is 2. The molecule has 1 aromatic carbocycles. The number of pyridine rings is 1. The molecule has 0 saturated carbocycles. The number of carbonyl (C=O) groups excluding carboxylic acids is 1. The van der Waals surface area contributed by atoms with Crippen molar-refractivity contribution in [3.8, 4) is 5.75 Å². The number of thiazole rings is 1. The van der Waals surface area contributed by atoms with E-state index in [1.807, 2.05) is 25.1 Å². The van der Waals surface area contributed by atoms with Gasteiger partial charge in [-0.1, -0.05) is 24.2 Å². The van der Waals surface area contributed by atoms with Crippen molar-refractivity contribution in [1.29, 1.82) is 0 Å². The van der Waals surface area contributed by atoms with E-state index in [-0.39, 0.29) is 5.91 Å². The zero-order valence-electron chi connectivity index (χ0n) is 17.4. The fourth-order valence-electron chi connectivity index (χ4n) is 4.05. The number of rotatable bonds is 4. The molecule has 0 bridgehead atoms. The molecule has 0 spiro atoms. The zero-order valence-corrected chi connectivity index (χ0v) is 19.0. The SMILES string of the molecule is CCOc1ccc2nc(NC(=O)c3sc4nc5c(cc4c3N)CCCCCC5)sc2c1. The molecule has 6 nitrogen and oxygen atoms in total. The fraction of sp³-hybridized carbons (Fsp3) is 0.348. The van der Waals surface area contributed by atoms with Crippen molar-refractivity contribution >= 4 is 59.8 Å². The first-order chi connectivity index (χ1) is 15.1. The minimum Gasteiger partial charge on any atom is -0.494 e. The summed E-state index contributed by atoms with van der Waals surface area (Å²) < 4.78 is 6.52. The Bertz CT molecular complexity index is 1280. The van der Waals surface area contributed by atoms with E-state index in [4.69, 9.17) is 15.5 Å². The number of amides is 1. The van der Waals surface area contributed by atoms with E-state index in [9.17, 15) is 4.79 Å². The number of anilines is 2. The molecule has 0 fully saturated rings. The summed E-state index contributed by atoms with van der Waals surface area (Å²) in [5, 5.41) is 4.36. The third kappa shape index (κ3) is 3.97. The Hall–Kier alpha value is -2.71. The number of nitrogens with one attached hydrogen (secondary N) is 1. The lowest BCUT2D eigenvalue weighted by molar-refractivity contribution is 0.103. The molecule has 5 rings (SSSR count). The quantitative estimate of drug-likeness (QED) is 0.408. The summed E-state index contributed by atoms with van der Waals surface area (Å²) in [6.45, 7) is 2.56. The highest BCUT2D eigenvalue weighted by Crippen LogP contribution is 2.36. The van der Waals surface area contributed by atoms with E-state index >= 15 is 0 Å². The molecule has 0 unspecified atom stereocenters. The highest BCUT2D eigenvalue weighted by Gasteiger charge is 2.21. The molecule has 31 heavy (non-hydrogen) atoms. The Morgan fingerprint density at radius 1 is 1.13 bits per heavy atom. The van der Waals surface area contributed by atoms with Gasteiger partial charge in [-0.15, -0.1) is 11.3 Å². The summed E-state index contributed by atoms with van der Waals surface area (Å²) in [4.78, 5) is 23.8. The lowest BCUT2D eigenvalue weighted by atomic mass is 9.96. The molecule has 8 heteroatoms. The second kappa shape index (κ2) is 8.43. The first-order valence-corrected chi connectivity index (χ1v) is 12.3. The molecule has 3 heterocycles. The predicted octanol–water partition coefficient (Wildman–Crippen LogP) is 5.80. The lowest BCUT2D eigenvalue weighted by Gasteiger charge is -2.12. The number of hydrogen-bond acceptors (Lipinski definition) is 7. The summed E-state index contributed by atoms with van der Waals surface area (Å²) >= 11 is 2.78. The average molecular weight is 453 g/mol. The number of aromatic nitrogens is 2. The number of thiophene rings is 1. The first kappa shape index (κ1) is 20.2. The molecule has 0 radical (unpaired) electrons. The molecule has 1 amide bonds. The van der Waals surface area contributed by atoms with E-state index in [0.29, 0.717) is 22.3 Å². The van der Waals surface area contributed by atoms with Crippen molar-refractivity contribution in [2.24, 2.45) is 0 Å². The maximum Gasteiger partial charge on any atom is 0.269 e. The third-order valence-electron chi connectivity index (χ3n) is 5.60. The third-order valence-corrected chi connectivity index (χ3v) is 7.64. The van der Waals surface area contributed by atoms with Gasteiger partial charge in [-0.25, -0.2) is 9.97 Å². The second-order valence-corrected chi connectivity index (χ2v) is 9.77. The highest BCUT2D eigenvalue weighted by molar-refractivity contribution is 7.23. The highest BCUT2D eigenvalue weighted by atomic mass is 32.1. The topological polar surface area (TPSA) is 90.1 Å². The number of fused-ring (bicyclic) bond motifs is 3. The molecular formula is C23H24N4O2S2. The molecule has 1 aliphatic rings.